The summed E-state index contributed by atoms with van der Waals surface area (Å²) in [6.45, 7) is 3.23. The number of methoxy groups -OCH3 is 2. The molecule has 11 heteroatoms. The Morgan fingerprint density at radius 2 is 1.51 bits per heavy atom. The Labute approximate surface area is 206 Å². The van der Waals surface area contributed by atoms with E-state index in [9.17, 15) is 18.0 Å². The first kappa shape index (κ1) is 26.1. The molecule has 35 heavy (non-hydrogen) atoms. The van der Waals surface area contributed by atoms with Crippen molar-refractivity contribution in [2.75, 3.05) is 57.6 Å². The molecule has 190 valence electrons. The Kier molecular flexibility index (Phi) is 8.44. The molecule has 2 aromatic carbocycles. The number of hydrogen-bond acceptors (Lipinski definition) is 7. The van der Waals surface area contributed by atoms with Gasteiger partial charge in [0.15, 0.2) is 11.5 Å². The molecule has 0 N–H and O–H groups in total. The van der Waals surface area contributed by atoms with Crippen molar-refractivity contribution in [1.82, 2.24) is 9.80 Å². The number of sulfonamides is 1. The van der Waals surface area contributed by atoms with Gasteiger partial charge < -0.3 is 24.0 Å². The highest BCUT2D eigenvalue weighted by atomic mass is 32.2. The van der Waals surface area contributed by atoms with Gasteiger partial charge in [0, 0.05) is 32.2 Å². The first-order valence-corrected chi connectivity index (χ1v) is 13.0. The molecule has 10 nitrogen and oxygen atoms in total. The van der Waals surface area contributed by atoms with Crippen molar-refractivity contribution in [1.29, 1.82) is 0 Å². The SMILES string of the molecule is CCOC(=O)N1CCN(C(=O)c2cc(OC)c(OC)cc2N(Cc2ccccc2)S(C)(=O)=O)CC1. The largest absolute Gasteiger partial charge is 0.493 e. The first-order chi connectivity index (χ1) is 16.7. The summed E-state index contributed by atoms with van der Waals surface area (Å²) in [5.74, 6) is 0.233. The van der Waals surface area contributed by atoms with Crippen LogP contribution >= 0.6 is 0 Å². The lowest BCUT2D eigenvalue weighted by molar-refractivity contribution is 0.0570. The summed E-state index contributed by atoms with van der Waals surface area (Å²) in [4.78, 5) is 28.8. The van der Waals surface area contributed by atoms with Crippen LogP contribution in [-0.4, -0.2) is 83.5 Å². The maximum absolute atomic E-state index is 13.6. The zero-order chi connectivity index (χ0) is 25.6. The van der Waals surface area contributed by atoms with Crippen LogP contribution in [0, 0.1) is 0 Å². The van der Waals surface area contributed by atoms with E-state index in [1.54, 1.807) is 16.7 Å². The van der Waals surface area contributed by atoms with Crippen LogP contribution in [0.5, 0.6) is 11.5 Å². The number of hydrogen-bond donors (Lipinski definition) is 0. The number of carbonyl (C=O) groups is 2. The van der Waals surface area contributed by atoms with Crippen molar-refractivity contribution >= 4 is 27.7 Å². The molecule has 0 bridgehead atoms. The minimum Gasteiger partial charge on any atom is -0.493 e. The Morgan fingerprint density at radius 3 is 2.06 bits per heavy atom. The van der Waals surface area contributed by atoms with E-state index in [2.05, 4.69) is 0 Å². The number of benzene rings is 2. The van der Waals surface area contributed by atoms with Crippen LogP contribution in [0.25, 0.3) is 0 Å². The fourth-order valence-corrected chi connectivity index (χ4v) is 4.75. The van der Waals surface area contributed by atoms with Crippen LogP contribution < -0.4 is 13.8 Å². The van der Waals surface area contributed by atoms with Crippen molar-refractivity contribution in [2.45, 2.75) is 13.5 Å². The maximum Gasteiger partial charge on any atom is 0.409 e. The van der Waals surface area contributed by atoms with Crippen molar-refractivity contribution in [2.24, 2.45) is 0 Å². The van der Waals surface area contributed by atoms with E-state index in [-0.39, 0.29) is 43.4 Å². The highest BCUT2D eigenvalue weighted by molar-refractivity contribution is 7.92. The van der Waals surface area contributed by atoms with Crippen LogP contribution in [0.4, 0.5) is 10.5 Å². The van der Waals surface area contributed by atoms with E-state index < -0.39 is 16.1 Å². The number of amides is 2. The van der Waals surface area contributed by atoms with Crippen molar-refractivity contribution in [3.63, 3.8) is 0 Å². The molecular formula is C24H31N3O7S. The van der Waals surface area contributed by atoms with Crippen molar-refractivity contribution < 1.29 is 32.2 Å². The quantitative estimate of drug-likeness (QED) is 0.543. The number of nitrogens with zero attached hydrogens (tertiary/aromatic N) is 3. The van der Waals surface area contributed by atoms with Crippen LogP contribution in [0.1, 0.15) is 22.8 Å². The fourth-order valence-electron chi connectivity index (χ4n) is 3.85. The van der Waals surface area contributed by atoms with Gasteiger partial charge in [-0.05, 0) is 18.6 Å². The van der Waals surface area contributed by atoms with Crippen LogP contribution in [-0.2, 0) is 21.3 Å². The second-order valence-electron chi connectivity index (χ2n) is 7.96. The number of rotatable bonds is 8. The predicted molar refractivity (Wildman–Crippen MR) is 132 cm³/mol. The van der Waals surface area contributed by atoms with Gasteiger partial charge in [-0.2, -0.15) is 0 Å². The molecule has 2 amide bonds. The average Bonchev–Trinajstić information content (AvgIpc) is 2.86. The molecule has 1 aliphatic heterocycles. The van der Waals surface area contributed by atoms with E-state index in [4.69, 9.17) is 14.2 Å². The number of anilines is 1. The molecule has 1 heterocycles. The fraction of sp³-hybridized carbons (Fsp3) is 0.417. The van der Waals surface area contributed by atoms with Crippen LogP contribution in [0.2, 0.25) is 0 Å². The normalized spacial score (nSPS) is 13.8. The average molecular weight is 506 g/mol. The molecular weight excluding hydrogens is 474 g/mol. The van der Waals surface area contributed by atoms with E-state index in [1.165, 1.54) is 30.7 Å². The third kappa shape index (κ3) is 6.16. The number of ether oxygens (including phenoxy) is 3. The van der Waals surface area contributed by atoms with Crippen molar-refractivity contribution in [3.05, 3.63) is 53.6 Å². The third-order valence-electron chi connectivity index (χ3n) is 5.66. The molecule has 1 aliphatic rings. The zero-order valence-corrected chi connectivity index (χ0v) is 21.2. The summed E-state index contributed by atoms with van der Waals surface area (Å²) in [7, 11) is -0.886. The van der Waals surface area contributed by atoms with Crippen LogP contribution in [0.3, 0.4) is 0 Å². The molecule has 3 rings (SSSR count). The lowest BCUT2D eigenvalue weighted by Gasteiger charge is -2.35. The van der Waals surface area contributed by atoms with Gasteiger partial charge in [-0.3, -0.25) is 9.10 Å². The van der Waals surface area contributed by atoms with E-state index in [0.29, 0.717) is 24.6 Å². The summed E-state index contributed by atoms with van der Waals surface area (Å²) in [5.41, 5.74) is 1.11. The van der Waals surface area contributed by atoms with Crippen LogP contribution in [0.15, 0.2) is 42.5 Å². The highest BCUT2D eigenvalue weighted by Gasteiger charge is 2.31. The standard InChI is InChI=1S/C24H31N3O7S/c1-5-34-24(29)26-13-11-25(12-14-26)23(28)19-15-21(32-2)22(33-3)16-20(19)27(35(4,30)31)17-18-9-7-6-8-10-18/h6-10,15-16H,5,11-14,17H2,1-4H3. The lowest BCUT2D eigenvalue weighted by atomic mass is 10.1. The smallest absolute Gasteiger partial charge is 0.409 e. The molecule has 0 aromatic heterocycles. The Hall–Kier alpha value is -3.47. The minimum absolute atomic E-state index is 0.0338. The Bertz CT molecular complexity index is 1150. The van der Waals surface area contributed by atoms with Gasteiger partial charge >= 0.3 is 6.09 Å². The van der Waals surface area contributed by atoms with Gasteiger partial charge in [0.05, 0.1) is 44.9 Å². The Balaban J connectivity index is 2.00. The lowest BCUT2D eigenvalue weighted by Crippen LogP contribution is -2.51. The van der Waals surface area contributed by atoms with E-state index in [0.717, 1.165) is 11.8 Å². The second kappa shape index (κ2) is 11.3. The molecule has 1 saturated heterocycles. The molecule has 0 spiro atoms. The third-order valence-corrected chi connectivity index (χ3v) is 6.79. The summed E-state index contributed by atoms with van der Waals surface area (Å²) in [6, 6.07) is 12.1. The van der Waals surface area contributed by atoms with Gasteiger partial charge in [-0.1, -0.05) is 30.3 Å². The number of piperazine rings is 1. The molecule has 2 aromatic rings. The molecule has 0 radical (unpaired) electrons. The molecule has 0 unspecified atom stereocenters. The molecule has 0 atom stereocenters. The number of carbonyl (C=O) groups excluding carboxylic acids is 2. The molecule has 1 fully saturated rings. The molecule has 0 saturated carbocycles. The molecule has 0 aliphatic carbocycles. The van der Waals surface area contributed by atoms with Gasteiger partial charge in [-0.15, -0.1) is 0 Å². The van der Waals surface area contributed by atoms with Gasteiger partial charge in [0.1, 0.15) is 0 Å². The second-order valence-corrected chi connectivity index (χ2v) is 9.86. The van der Waals surface area contributed by atoms with E-state index >= 15 is 0 Å². The first-order valence-electron chi connectivity index (χ1n) is 11.2. The minimum atomic E-state index is -3.78. The summed E-state index contributed by atoms with van der Waals surface area (Å²) < 4.78 is 42.8. The summed E-state index contributed by atoms with van der Waals surface area (Å²) in [5, 5.41) is 0. The Morgan fingerprint density at radius 1 is 0.943 bits per heavy atom. The van der Waals surface area contributed by atoms with Crippen molar-refractivity contribution in [3.8, 4) is 11.5 Å². The summed E-state index contributed by atoms with van der Waals surface area (Å²) >= 11 is 0. The predicted octanol–water partition coefficient (Wildman–Crippen LogP) is 2.58. The van der Waals surface area contributed by atoms with Gasteiger partial charge in [0.25, 0.3) is 5.91 Å². The highest BCUT2D eigenvalue weighted by Crippen LogP contribution is 2.37. The zero-order valence-electron chi connectivity index (χ0n) is 20.4. The van der Waals surface area contributed by atoms with Gasteiger partial charge in [-0.25, -0.2) is 13.2 Å². The maximum atomic E-state index is 13.6. The summed E-state index contributed by atoms with van der Waals surface area (Å²) in [6.07, 6.45) is 0.677. The topological polar surface area (TPSA) is 106 Å². The van der Waals surface area contributed by atoms with E-state index in [1.807, 2.05) is 30.3 Å². The monoisotopic (exact) mass is 505 g/mol. The van der Waals surface area contributed by atoms with Gasteiger partial charge in [0.2, 0.25) is 10.0 Å².